The van der Waals surface area contributed by atoms with Gasteiger partial charge in [0.1, 0.15) is 17.7 Å². The van der Waals surface area contributed by atoms with Crippen molar-refractivity contribution in [3.8, 4) is 0 Å². The van der Waals surface area contributed by atoms with Crippen molar-refractivity contribution in [3.63, 3.8) is 0 Å². The predicted molar refractivity (Wildman–Crippen MR) is 164 cm³/mol. The minimum Gasteiger partial charge on any atom is -0.456 e. The van der Waals surface area contributed by atoms with E-state index in [0.29, 0.717) is 17.3 Å². The van der Waals surface area contributed by atoms with Gasteiger partial charge >= 0.3 is 5.97 Å². The van der Waals surface area contributed by atoms with Crippen molar-refractivity contribution in [2.75, 3.05) is 24.7 Å². The molecule has 0 saturated carbocycles. The molecule has 0 bridgehead atoms. The molecular formula is C31H35FN4O4S2. The van der Waals surface area contributed by atoms with Crippen LogP contribution in [0.3, 0.4) is 0 Å². The van der Waals surface area contributed by atoms with Crippen molar-refractivity contribution in [1.29, 1.82) is 0 Å². The summed E-state index contributed by atoms with van der Waals surface area (Å²) in [5.74, 6) is -0.145. The molecule has 2 aromatic heterocycles. The summed E-state index contributed by atoms with van der Waals surface area (Å²) in [6, 6.07) is 9.62. The number of carbonyl (C=O) groups is 1. The summed E-state index contributed by atoms with van der Waals surface area (Å²) < 4.78 is 44.7. The van der Waals surface area contributed by atoms with Gasteiger partial charge in [-0.05, 0) is 106 Å². The van der Waals surface area contributed by atoms with Gasteiger partial charge in [-0.25, -0.2) is 27.6 Å². The molecule has 2 aromatic carbocycles. The maximum absolute atomic E-state index is 14.7. The average Bonchev–Trinajstić information content (AvgIpc) is 3.35. The fourth-order valence-corrected chi connectivity index (χ4v) is 6.93. The summed E-state index contributed by atoms with van der Waals surface area (Å²) in [7, 11) is -3.51. The molecule has 11 heteroatoms. The van der Waals surface area contributed by atoms with Crippen LogP contribution in [0.25, 0.3) is 10.2 Å². The van der Waals surface area contributed by atoms with Gasteiger partial charge < -0.3 is 10.1 Å². The van der Waals surface area contributed by atoms with Crippen molar-refractivity contribution < 1.29 is 22.3 Å². The Labute approximate surface area is 249 Å². The van der Waals surface area contributed by atoms with Crippen LogP contribution in [0.15, 0.2) is 53.0 Å². The van der Waals surface area contributed by atoms with E-state index < -0.39 is 21.3 Å². The second-order valence-electron chi connectivity index (χ2n) is 11.8. The van der Waals surface area contributed by atoms with E-state index >= 15 is 0 Å². The Kier molecular flexibility index (Phi) is 8.37. The summed E-state index contributed by atoms with van der Waals surface area (Å²) in [4.78, 5) is 24.0. The number of nitrogens with one attached hydrogen (secondary N) is 1. The quantitative estimate of drug-likeness (QED) is 0.233. The molecule has 0 aliphatic carbocycles. The SMILES string of the molecule is Cc1c(CN2CCC(c3csc4c(Nc5ccc(S(C)(=O)=O)cc5F)ncnc34)CC2)cccc1C(=O)OC(C)(C)C. The molecule has 222 valence electrons. The van der Waals surface area contributed by atoms with Gasteiger partial charge in [0.2, 0.25) is 0 Å². The Morgan fingerprint density at radius 2 is 1.90 bits per heavy atom. The molecule has 1 fully saturated rings. The van der Waals surface area contributed by atoms with Crippen LogP contribution in [0.5, 0.6) is 0 Å². The number of likely N-dealkylation sites (tertiary alicyclic amines) is 1. The zero-order valence-corrected chi connectivity index (χ0v) is 26.0. The summed E-state index contributed by atoms with van der Waals surface area (Å²) in [5.41, 5.74) is 4.31. The second kappa shape index (κ2) is 11.7. The fourth-order valence-electron chi connectivity index (χ4n) is 5.26. The number of carbonyl (C=O) groups excluding carboxylic acids is 1. The molecule has 5 rings (SSSR count). The minimum absolute atomic E-state index is 0.0750. The second-order valence-corrected chi connectivity index (χ2v) is 14.7. The number of aromatic nitrogens is 2. The number of nitrogens with zero attached hydrogens (tertiary/aromatic N) is 3. The highest BCUT2D eigenvalue weighted by Gasteiger charge is 2.26. The lowest BCUT2D eigenvalue weighted by Crippen LogP contribution is -2.33. The van der Waals surface area contributed by atoms with Crippen LogP contribution in [0, 0.1) is 12.7 Å². The number of hydrogen-bond acceptors (Lipinski definition) is 9. The number of sulfone groups is 1. The first-order valence-electron chi connectivity index (χ1n) is 13.8. The van der Waals surface area contributed by atoms with E-state index in [9.17, 15) is 17.6 Å². The Morgan fingerprint density at radius 3 is 2.57 bits per heavy atom. The first kappa shape index (κ1) is 30.1. The monoisotopic (exact) mass is 610 g/mol. The van der Waals surface area contributed by atoms with Crippen LogP contribution in [-0.2, 0) is 21.1 Å². The Hall–Kier alpha value is -3.41. The maximum Gasteiger partial charge on any atom is 0.338 e. The highest BCUT2D eigenvalue weighted by Crippen LogP contribution is 2.39. The highest BCUT2D eigenvalue weighted by molar-refractivity contribution is 7.90. The van der Waals surface area contributed by atoms with Gasteiger partial charge in [-0.1, -0.05) is 12.1 Å². The number of ether oxygens (including phenoxy) is 1. The van der Waals surface area contributed by atoms with Gasteiger partial charge in [-0.15, -0.1) is 11.3 Å². The molecule has 1 saturated heterocycles. The number of halogens is 1. The Bertz CT molecular complexity index is 1740. The number of thiophene rings is 1. The van der Waals surface area contributed by atoms with Crippen LogP contribution in [0.2, 0.25) is 0 Å². The minimum atomic E-state index is -3.51. The van der Waals surface area contributed by atoms with E-state index in [1.54, 1.807) is 0 Å². The van der Waals surface area contributed by atoms with Gasteiger partial charge in [-0.2, -0.15) is 0 Å². The molecule has 4 aromatic rings. The van der Waals surface area contributed by atoms with Crippen LogP contribution < -0.4 is 5.32 Å². The van der Waals surface area contributed by atoms with Gasteiger partial charge in [-0.3, -0.25) is 4.90 Å². The van der Waals surface area contributed by atoms with Crippen LogP contribution in [0.4, 0.5) is 15.9 Å². The first-order valence-corrected chi connectivity index (χ1v) is 16.6. The molecule has 42 heavy (non-hydrogen) atoms. The Balaban J connectivity index is 1.27. The molecular weight excluding hydrogens is 575 g/mol. The summed E-state index contributed by atoms with van der Waals surface area (Å²) in [6.45, 7) is 10.2. The number of piperidine rings is 1. The zero-order chi connectivity index (χ0) is 30.2. The maximum atomic E-state index is 14.7. The van der Waals surface area contributed by atoms with Crippen LogP contribution in [-0.4, -0.2) is 54.2 Å². The highest BCUT2D eigenvalue weighted by atomic mass is 32.2. The predicted octanol–water partition coefficient (Wildman–Crippen LogP) is 6.62. The van der Waals surface area contributed by atoms with E-state index in [1.165, 1.54) is 29.8 Å². The normalized spacial score (nSPS) is 15.2. The van der Waals surface area contributed by atoms with Gasteiger partial charge in [0, 0.05) is 12.8 Å². The van der Waals surface area contributed by atoms with Crippen molar-refractivity contribution >= 4 is 48.9 Å². The van der Waals surface area contributed by atoms with E-state index in [4.69, 9.17) is 4.74 Å². The molecule has 1 aliphatic heterocycles. The molecule has 0 amide bonds. The third kappa shape index (κ3) is 6.63. The number of fused-ring (bicyclic) bond motifs is 1. The number of anilines is 2. The molecule has 8 nitrogen and oxygen atoms in total. The first-order chi connectivity index (χ1) is 19.8. The average molecular weight is 611 g/mol. The smallest absolute Gasteiger partial charge is 0.338 e. The topological polar surface area (TPSA) is 101 Å². The number of hydrogen-bond donors (Lipinski definition) is 1. The van der Waals surface area contributed by atoms with E-state index in [0.717, 1.165) is 71.7 Å². The summed E-state index contributed by atoms with van der Waals surface area (Å²) in [5, 5.41) is 5.14. The number of benzene rings is 2. The van der Waals surface area contributed by atoms with Gasteiger partial charge in [0.25, 0.3) is 0 Å². The third-order valence-electron chi connectivity index (χ3n) is 7.49. The van der Waals surface area contributed by atoms with Crippen LogP contribution in [0.1, 0.15) is 66.6 Å². The van der Waals surface area contributed by atoms with Crippen LogP contribution >= 0.6 is 11.3 Å². The zero-order valence-electron chi connectivity index (χ0n) is 24.4. The standard InChI is InChI=1S/C31H35FN4O4S2/c1-19-21(7-6-8-23(19)30(37)40-31(2,3)4)16-36-13-11-20(12-14-36)24-17-41-28-27(24)33-18-34-29(28)35-26-10-9-22(15-25(26)32)42(5,38)39/h6-10,15,17-18,20H,11-14,16H2,1-5H3,(H,33,34,35). The molecule has 1 aliphatic rings. The lowest BCUT2D eigenvalue weighted by atomic mass is 9.90. The fraction of sp³-hybridized carbons (Fsp3) is 0.387. The molecule has 1 N–H and O–H groups in total. The lowest BCUT2D eigenvalue weighted by molar-refractivity contribution is 0.00684. The number of rotatable bonds is 7. The molecule has 0 unspecified atom stereocenters. The van der Waals surface area contributed by atoms with Crippen molar-refractivity contribution in [3.05, 3.63) is 76.2 Å². The van der Waals surface area contributed by atoms with E-state index in [-0.39, 0.29) is 16.6 Å². The molecule has 0 atom stereocenters. The van der Waals surface area contributed by atoms with Gasteiger partial charge in [0.05, 0.1) is 26.4 Å². The van der Waals surface area contributed by atoms with Crippen molar-refractivity contribution in [2.45, 2.75) is 63.5 Å². The largest absolute Gasteiger partial charge is 0.456 e. The van der Waals surface area contributed by atoms with Crippen molar-refractivity contribution in [2.24, 2.45) is 0 Å². The third-order valence-corrected chi connectivity index (χ3v) is 9.59. The number of esters is 1. The Morgan fingerprint density at radius 1 is 1.17 bits per heavy atom. The molecule has 0 spiro atoms. The summed E-state index contributed by atoms with van der Waals surface area (Å²) >= 11 is 1.52. The van der Waals surface area contributed by atoms with Gasteiger partial charge in [0.15, 0.2) is 15.7 Å². The van der Waals surface area contributed by atoms with E-state index in [1.807, 2.05) is 39.8 Å². The molecule has 3 heterocycles. The van der Waals surface area contributed by atoms with Crippen molar-refractivity contribution in [1.82, 2.24) is 14.9 Å². The summed E-state index contributed by atoms with van der Waals surface area (Å²) in [6.07, 6.45) is 4.45. The molecule has 0 radical (unpaired) electrons. The lowest BCUT2D eigenvalue weighted by Gasteiger charge is -2.32. The van der Waals surface area contributed by atoms with E-state index in [2.05, 4.69) is 31.6 Å².